The lowest BCUT2D eigenvalue weighted by Gasteiger charge is -2.40. The molecule has 0 radical (unpaired) electrons. The summed E-state index contributed by atoms with van der Waals surface area (Å²) in [5, 5.41) is 2.90. The zero-order valence-electron chi connectivity index (χ0n) is 29.7. The van der Waals surface area contributed by atoms with Gasteiger partial charge in [-0.1, -0.05) is 182 Å². The van der Waals surface area contributed by atoms with Gasteiger partial charge in [0.2, 0.25) is 0 Å². The summed E-state index contributed by atoms with van der Waals surface area (Å²) in [7, 11) is -0.700. The zero-order chi connectivity index (χ0) is 34.5. The smallest absolute Gasteiger partial charge is 0.0360 e. The normalized spacial score (nSPS) is 19.6. The highest BCUT2D eigenvalue weighted by atomic mass is 31.1. The van der Waals surface area contributed by atoms with Crippen molar-refractivity contribution in [2.45, 2.75) is 69.6 Å². The van der Waals surface area contributed by atoms with Crippen LogP contribution in [0.4, 0.5) is 0 Å². The Bertz CT molecular complexity index is 1660. The Morgan fingerprint density at radius 2 is 0.560 bits per heavy atom. The third-order valence-corrected chi connectivity index (χ3v) is 13.8. The molecule has 0 bridgehead atoms. The second-order valence-electron chi connectivity index (χ2n) is 13.8. The van der Waals surface area contributed by atoms with E-state index in [2.05, 4.69) is 219 Å². The van der Waals surface area contributed by atoms with Gasteiger partial charge < -0.3 is 0 Å². The standard InChI is InChI=1S/C47H49N2P/c1-35(39-23-11-5-12-24-39)48(36(2)40-25-13-6-14-26-40)45-46(47(45)50(43-31-19-9-20-32-43)44-33-21-10-22-34-44)49(37(3)41-27-15-7-16-28-41)38(4)42-29-17-8-18-30-42/h5-38,45-47H,1-4H3. The van der Waals surface area contributed by atoms with Gasteiger partial charge in [-0.15, -0.1) is 0 Å². The molecule has 1 fully saturated rings. The lowest BCUT2D eigenvalue weighted by atomic mass is 9.99. The van der Waals surface area contributed by atoms with Crippen molar-refractivity contribution in [3.05, 3.63) is 204 Å². The Labute approximate surface area is 301 Å². The van der Waals surface area contributed by atoms with Crippen LogP contribution in [0.2, 0.25) is 0 Å². The van der Waals surface area contributed by atoms with E-state index in [0.717, 1.165) is 0 Å². The largest absolute Gasteiger partial charge is 0.285 e. The molecular weight excluding hydrogens is 624 g/mol. The average Bonchev–Trinajstić information content (AvgIpc) is 3.89. The van der Waals surface area contributed by atoms with E-state index in [1.54, 1.807) is 0 Å². The molecule has 0 saturated heterocycles. The van der Waals surface area contributed by atoms with Crippen molar-refractivity contribution in [3.63, 3.8) is 0 Å². The van der Waals surface area contributed by atoms with Crippen molar-refractivity contribution in [1.29, 1.82) is 0 Å². The van der Waals surface area contributed by atoms with Crippen LogP contribution >= 0.6 is 7.92 Å². The summed E-state index contributed by atoms with van der Waals surface area (Å²) in [5.41, 5.74) is 5.86. The molecular formula is C47H49N2P. The van der Waals surface area contributed by atoms with Crippen molar-refractivity contribution in [2.75, 3.05) is 0 Å². The summed E-state index contributed by atoms with van der Waals surface area (Å²) in [6.07, 6.45) is 0. The molecule has 7 rings (SSSR count). The third-order valence-electron chi connectivity index (χ3n) is 10.9. The number of rotatable bonds is 13. The van der Waals surface area contributed by atoms with Gasteiger partial charge in [0.1, 0.15) is 0 Å². The van der Waals surface area contributed by atoms with Crippen LogP contribution in [0.1, 0.15) is 74.1 Å². The Kier molecular flexibility index (Phi) is 10.7. The maximum Gasteiger partial charge on any atom is 0.0360 e. The maximum absolute atomic E-state index is 2.88. The minimum absolute atomic E-state index is 0.216. The quantitative estimate of drug-likeness (QED) is 0.113. The highest BCUT2D eigenvalue weighted by Crippen LogP contribution is 2.61. The van der Waals surface area contributed by atoms with Crippen molar-refractivity contribution in [2.24, 2.45) is 0 Å². The van der Waals surface area contributed by atoms with E-state index in [-0.39, 0.29) is 24.2 Å². The summed E-state index contributed by atoms with van der Waals surface area (Å²) >= 11 is 0. The summed E-state index contributed by atoms with van der Waals surface area (Å²) in [6, 6.07) is 68.9. The molecule has 6 unspecified atom stereocenters. The first-order valence-electron chi connectivity index (χ1n) is 18.2. The molecule has 0 spiro atoms. The van der Waals surface area contributed by atoms with Gasteiger partial charge in [-0.2, -0.15) is 0 Å². The van der Waals surface area contributed by atoms with E-state index in [4.69, 9.17) is 0 Å². The monoisotopic (exact) mass is 672 g/mol. The predicted octanol–water partition coefficient (Wildman–Crippen LogP) is 10.9. The van der Waals surface area contributed by atoms with Crippen LogP contribution in [-0.2, 0) is 0 Å². The van der Waals surface area contributed by atoms with Gasteiger partial charge in [-0.05, 0) is 68.5 Å². The fourth-order valence-electron chi connectivity index (χ4n) is 8.26. The van der Waals surface area contributed by atoms with E-state index in [9.17, 15) is 0 Å². The van der Waals surface area contributed by atoms with Gasteiger partial charge in [-0.3, -0.25) is 9.80 Å². The zero-order valence-corrected chi connectivity index (χ0v) is 30.6. The number of hydrogen-bond acceptors (Lipinski definition) is 2. The van der Waals surface area contributed by atoms with Crippen molar-refractivity contribution in [1.82, 2.24) is 9.80 Å². The van der Waals surface area contributed by atoms with Gasteiger partial charge in [0.25, 0.3) is 0 Å². The topological polar surface area (TPSA) is 6.48 Å². The lowest BCUT2D eigenvalue weighted by Crippen LogP contribution is -2.40. The molecule has 0 aromatic heterocycles. The fourth-order valence-corrected chi connectivity index (χ4v) is 11.4. The molecule has 3 heteroatoms. The van der Waals surface area contributed by atoms with E-state index in [0.29, 0.717) is 17.7 Å². The molecule has 2 nitrogen and oxygen atoms in total. The molecule has 252 valence electrons. The van der Waals surface area contributed by atoms with Crippen LogP contribution in [0.5, 0.6) is 0 Å². The second kappa shape index (κ2) is 15.7. The van der Waals surface area contributed by atoms with E-state index >= 15 is 0 Å². The van der Waals surface area contributed by atoms with Gasteiger partial charge in [-0.25, -0.2) is 0 Å². The second-order valence-corrected chi connectivity index (χ2v) is 16.1. The van der Waals surface area contributed by atoms with Crippen LogP contribution in [0, 0.1) is 0 Å². The van der Waals surface area contributed by atoms with Crippen LogP contribution in [0.15, 0.2) is 182 Å². The SMILES string of the molecule is CC(c1ccccc1)N(C(C)c1ccccc1)C1C(N(C(C)c2ccccc2)C(C)c2ccccc2)C1P(c1ccccc1)c1ccccc1. The molecule has 6 aromatic carbocycles. The summed E-state index contributed by atoms with van der Waals surface area (Å²) < 4.78 is 0. The molecule has 6 aromatic rings. The van der Waals surface area contributed by atoms with Crippen molar-refractivity contribution in [3.8, 4) is 0 Å². The summed E-state index contributed by atoms with van der Waals surface area (Å²) in [6.45, 7) is 9.72. The van der Waals surface area contributed by atoms with Gasteiger partial charge in [0, 0.05) is 41.9 Å². The van der Waals surface area contributed by atoms with Gasteiger partial charge >= 0.3 is 0 Å². The molecule has 50 heavy (non-hydrogen) atoms. The van der Waals surface area contributed by atoms with Crippen LogP contribution in [0.3, 0.4) is 0 Å². The number of nitrogens with zero attached hydrogens (tertiary/aromatic N) is 2. The summed E-state index contributed by atoms with van der Waals surface area (Å²) in [4.78, 5) is 5.76. The maximum atomic E-state index is 2.88. The minimum Gasteiger partial charge on any atom is -0.285 e. The first kappa shape index (κ1) is 34.1. The molecule has 0 amide bonds. The third kappa shape index (κ3) is 7.12. The molecule has 0 heterocycles. The van der Waals surface area contributed by atoms with Crippen molar-refractivity contribution >= 4 is 18.5 Å². The molecule has 6 atom stereocenters. The Morgan fingerprint density at radius 3 is 0.800 bits per heavy atom. The van der Waals surface area contributed by atoms with Crippen LogP contribution < -0.4 is 10.6 Å². The first-order chi connectivity index (χ1) is 24.5. The van der Waals surface area contributed by atoms with Gasteiger partial charge in [0.15, 0.2) is 0 Å². The predicted molar refractivity (Wildman–Crippen MR) is 214 cm³/mol. The Morgan fingerprint density at radius 1 is 0.340 bits per heavy atom. The van der Waals surface area contributed by atoms with E-state index in [1.165, 1.54) is 32.9 Å². The average molecular weight is 673 g/mol. The summed E-state index contributed by atoms with van der Waals surface area (Å²) in [5.74, 6) is 0. The first-order valence-corrected chi connectivity index (χ1v) is 19.6. The minimum atomic E-state index is -0.700. The molecule has 0 aliphatic heterocycles. The van der Waals surface area contributed by atoms with Crippen LogP contribution in [-0.4, -0.2) is 27.5 Å². The van der Waals surface area contributed by atoms with E-state index in [1.807, 2.05) is 0 Å². The highest BCUT2D eigenvalue weighted by molar-refractivity contribution is 7.74. The van der Waals surface area contributed by atoms with Gasteiger partial charge in [0.05, 0.1) is 0 Å². The van der Waals surface area contributed by atoms with Crippen LogP contribution in [0.25, 0.3) is 0 Å². The number of hydrogen-bond donors (Lipinski definition) is 0. The molecule has 1 aliphatic carbocycles. The molecule has 1 saturated carbocycles. The fraction of sp³-hybridized carbons (Fsp3) is 0.234. The lowest BCUT2D eigenvalue weighted by molar-refractivity contribution is 0.0874. The Hall–Kier alpha value is -4.33. The molecule has 1 aliphatic rings. The van der Waals surface area contributed by atoms with Crippen molar-refractivity contribution < 1.29 is 0 Å². The highest BCUT2D eigenvalue weighted by Gasteiger charge is 2.63. The molecule has 0 N–H and O–H groups in total. The number of benzene rings is 6. The Balaban J connectivity index is 1.44. The van der Waals surface area contributed by atoms with E-state index < -0.39 is 7.92 Å².